The van der Waals surface area contributed by atoms with Crippen LogP contribution in [0.4, 0.5) is 5.69 Å². The van der Waals surface area contributed by atoms with Crippen LogP contribution in [0.2, 0.25) is 5.02 Å². The number of halogens is 1. The van der Waals surface area contributed by atoms with E-state index in [1.807, 2.05) is 19.1 Å². The number of aliphatic carboxylic acids is 1. The molecule has 104 valence electrons. The molecule has 1 aromatic carbocycles. The summed E-state index contributed by atoms with van der Waals surface area (Å²) in [5.74, 6) is -0.864. The van der Waals surface area contributed by atoms with Gasteiger partial charge in [-0.25, -0.2) is 0 Å². The van der Waals surface area contributed by atoms with Crippen molar-refractivity contribution >= 4 is 29.2 Å². The second-order valence-corrected chi connectivity index (χ2v) is 4.89. The van der Waals surface area contributed by atoms with Crippen LogP contribution in [0, 0.1) is 6.92 Å². The second-order valence-electron chi connectivity index (χ2n) is 4.49. The molecule has 0 heterocycles. The van der Waals surface area contributed by atoms with E-state index >= 15 is 0 Å². The molecule has 1 rings (SSSR count). The summed E-state index contributed by atoms with van der Waals surface area (Å²) in [5, 5.41) is 9.14. The van der Waals surface area contributed by atoms with Crippen LogP contribution < -0.4 is 4.90 Å². The third-order valence-electron chi connectivity index (χ3n) is 2.95. The van der Waals surface area contributed by atoms with Crippen LogP contribution in [-0.2, 0) is 9.59 Å². The van der Waals surface area contributed by atoms with E-state index in [-0.39, 0.29) is 12.3 Å². The average Bonchev–Trinajstić information content (AvgIpc) is 2.36. The molecule has 0 saturated carbocycles. The molecule has 4 nitrogen and oxygen atoms in total. The zero-order valence-electron chi connectivity index (χ0n) is 11.1. The van der Waals surface area contributed by atoms with Crippen LogP contribution >= 0.6 is 11.6 Å². The quantitative estimate of drug-likeness (QED) is 0.815. The number of carboxylic acids is 1. The van der Waals surface area contributed by atoms with Gasteiger partial charge in [0.05, 0.1) is 0 Å². The molecule has 0 spiro atoms. The van der Waals surface area contributed by atoms with E-state index in [2.05, 4.69) is 0 Å². The molecule has 0 aliphatic rings. The van der Waals surface area contributed by atoms with Crippen LogP contribution in [0.15, 0.2) is 18.2 Å². The summed E-state index contributed by atoms with van der Waals surface area (Å²) in [6, 6.07) is 5.47. The van der Waals surface area contributed by atoms with Gasteiger partial charge in [-0.2, -0.15) is 0 Å². The minimum Gasteiger partial charge on any atom is -0.481 e. The Kier molecular flexibility index (Phi) is 5.83. The van der Waals surface area contributed by atoms with E-state index in [1.54, 1.807) is 18.0 Å². The van der Waals surface area contributed by atoms with Gasteiger partial charge < -0.3 is 10.0 Å². The number of benzene rings is 1. The Hall–Kier alpha value is -1.55. The molecular formula is C14H18ClNO3. The van der Waals surface area contributed by atoms with Gasteiger partial charge in [0.25, 0.3) is 0 Å². The Morgan fingerprint density at radius 1 is 1.26 bits per heavy atom. The standard InChI is InChI=1S/C14H18ClNO3/c1-10-7-8-11(9-12(10)15)16(2)13(17)5-3-4-6-14(18)19/h7-9H,3-6H2,1-2H3,(H,18,19). The Bertz CT molecular complexity index is 474. The summed E-state index contributed by atoms with van der Waals surface area (Å²) < 4.78 is 0. The fourth-order valence-corrected chi connectivity index (χ4v) is 1.83. The third kappa shape index (κ3) is 4.91. The highest BCUT2D eigenvalue weighted by Gasteiger charge is 2.11. The maximum atomic E-state index is 11.9. The molecule has 1 amide bonds. The zero-order valence-corrected chi connectivity index (χ0v) is 11.9. The van der Waals surface area contributed by atoms with Gasteiger partial charge in [0.15, 0.2) is 0 Å². The van der Waals surface area contributed by atoms with Crippen molar-refractivity contribution in [1.29, 1.82) is 0 Å². The summed E-state index contributed by atoms with van der Waals surface area (Å²) >= 11 is 6.02. The summed E-state index contributed by atoms with van der Waals surface area (Å²) in [7, 11) is 1.69. The Labute approximate surface area is 118 Å². The number of carbonyl (C=O) groups is 2. The molecule has 0 aromatic heterocycles. The highest BCUT2D eigenvalue weighted by Crippen LogP contribution is 2.23. The van der Waals surface area contributed by atoms with Crippen molar-refractivity contribution < 1.29 is 14.7 Å². The monoisotopic (exact) mass is 283 g/mol. The molecule has 0 aliphatic heterocycles. The largest absolute Gasteiger partial charge is 0.481 e. The van der Waals surface area contributed by atoms with Crippen molar-refractivity contribution in [2.45, 2.75) is 32.6 Å². The van der Waals surface area contributed by atoms with E-state index in [4.69, 9.17) is 16.7 Å². The molecule has 0 radical (unpaired) electrons. The number of hydrogen-bond donors (Lipinski definition) is 1. The second kappa shape index (κ2) is 7.14. The van der Waals surface area contributed by atoms with Crippen LogP contribution in [0.3, 0.4) is 0 Å². The van der Waals surface area contributed by atoms with Gasteiger partial charge in [0.2, 0.25) is 5.91 Å². The Balaban J connectivity index is 2.52. The van der Waals surface area contributed by atoms with Gasteiger partial charge in [-0.15, -0.1) is 0 Å². The van der Waals surface area contributed by atoms with Gasteiger partial charge >= 0.3 is 5.97 Å². The molecule has 1 aromatic rings. The molecule has 0 bridgehead atoms. The number of carbonyl (C=O) groups excluding carboxylic acids is 1. The molecule has 5 heteroatoms. The van der Waals surface area contributed by atoms with E-state index in [0.717, 1.165) is 11.3 Å². The number of rotatable bonds is 6. The summed E-state index contributed by atoms with van der Waals surface area (Å²) in [6.07, 6.45) is 1.54. The van der Waals surface area contributed by atoms with Crippen molar-refractivity contribution in [3.8, 4) is 0 Å². The van der Waals surface area contributed by atoms with E-state index in [9.17, 15) is 9.59 Å². The Morgan fingerprint density at radius 2 is 1.89 bits per heavy atom. The lowest BCUT2D eigenvalue weighted by Crippen LogP contribution is -2.25. The number of amides is 1. The number of carboxylic acid groups (broad SMARTS) is 1. The lowest BCUT2D eigenvalue weighted by Gasteiger charge is -2.18. The first-order chi connectivity index (χ1) is 8.91. The number of unbranched alkanes of at least 4 members (excludes halogenated alkanes) is 1. The first-order valence-corrected chi connectivity index (χ1v) is 6.54. The lowest BCUT2D eigenvalue weighted by molar-refractivity contribution is -0.137. The van der Waals surface area contributed by atoms with Crippen molar-refractivity contribution in [2.24, 2.45) is 0 Å². The van der Waals surface area contributed by atoms with Crippen LogP contribution in [0.1, 0.15) is 31.2 Å². The zero-order chi connectivity index (χ0) is 14.4. The van der Waals surface area contributed by atoms with Gasteiger partial charge in [-0.05, 0) is 37.5 Å². The number of hydrogen-bond acceptors (Lipinski definition) is 2. The van der Waals surface area contributed by atoms with E-state index in [0.29, 0.717) is 24.3 Å². The van der Waals surface area contributed by atoms with Gasteiger partial charge in [-0.3, -0.25) is 9.59 Å². The molecule has 19 heavy (non-hydrogen) atoms. The van der Waals surface area contributed by atoms with Gasteiger partial charge in [0, 0.05) is 30.6 Å². The molecule has 0 saturated heterocycles. The highest BCUT2D eigenvalue weighted by atomic mass is 35.5. The number of anilines is 1. The third-order valence-corrected chi connectivity index (χ3v) is 3.36. The van der Waals surface area contributed by atoms with Gasteiger partial charge in [-0.1, -0.05) is 17.7 Å². The normalized spacial score (nSPS) is 10.3. The van der Waals surface area contributed by atoms with E-state index in [1.165, 1.54) is 0 Å². The number of nitrogens with zero attached hydrogens (tertiary/aromatic N) is 1. The topological polar surface area (TPSA) is 57.6 Å². The molecule has 0 unspecified atom stereocenters. The summed E-state index contributed by atoms with van der Waals surface area (Å²) in [4.78, 5) is 23.8. The van der Waals surface area contributed by atoms with Crippen molar-refractivity contribution in [3.63, 3.8) is 0 Å². The minimum absolute atomic E-state index is 0.0368. The summed E-state index contributed by atoms with van der Waals surface area (Å²) in [5.41, 5.74) is 1.71. The minimum atomic E-state index is -0.828. The first kappa shape index (κ1) is 15.5. The fourth-order valence-electron chi connectivity index (χ4n) is 1.65. The van der Waals surface area contributed by atoms with Crippen LogP contribution in [-0.4, -0.2) is 24.0 Å². The van der Waals surface area contributed by atoms with Gasteiger partial charge in [0.1, 0.15) is 0 Å². The highest BCUT2D eigenvalue weighted by molar-refractivity contribution is 6.31. The van der Waals surface area contributed by atoms with Crippen molar-refractivity contribution in [1.82, 2.24) is 0 Å². The van der Waals surface area contributed by atoms with Crippen LogP contribution in [0.5, 0.6) is 0 Å². The van der Waals surface area contributed by atoms with Crippen molar-refractivity contribution in [3.05, 3.63) is 28.8 Å². The SMILES string of the molecule is Cc1ccc(N(C)C(=O)CCCCC(=O)O)cc1Cl. The molecule has 0 atom stereocenters. The molecule has 1 N–H and O–H groups in total. The number of aryl methyl sites for hydroxylation is 1. The molecular weight excluding hydrogens is 266 g/mol. The van der Waals surface area contributed by atoms with E-state index < -0.39 is 5.97 Å². The smallest absolute Gasteiger partial charge is 0.303 e. The predicted octanol–water partition coefficient (Wildman–Crippen LogP) is 3.26. The maximum absolute atomic E-state index is 11.9. The lowest BCUT2D eigenvalue weighted by atomic mass is 10.1. The Morgan fingerprint density at radius 3 is 2.47 bits per heavy atom. The summed E-state index contributed by atoms with van der Waals surface area (Å²) in [6.45, 7) is 1.90. The molecule has 0 aliphatic carbocycles. The fraction of sp³-hybridized carbons (Fsp3) is 0.429. The average molecular weight is 284 g/mol. The maximum Gasteiger partial charge on any atom is 0.303 e. The van der Waals surface area contributed by atoms with Crippen LogP contribution in [0.25, 0.3) is 0 Å². The predicted molar refractivity (Wildman–Crippen MR) is 75.7 cm³/mol. The molecule has 0 fully saturated rings. The van der Waals surface area contributed by atoms with Crippen molar-refractivity contribution in [2.75, 3.05) is 11.9 Å². The first-order valence-electron chi connectivity index (χ1n) is 6.16.